The fourth-order valence-corrected chi connectivity index (χ4v) is 2.47. The van der Waals surface area contributed by atoms with Gasteiger partial charge in [0.05, 0.1) is 0 Å². The zero-order chi connectivity index (χ0) is 11.1. The number of rotatable bonds is 1. The van der Waals surface area contributed by atoms with Crippen molar-refractivity contribution in [1.82, 2.24) is 4.98 Å². The third-order valence-electron chi connectivity index (χ3n) is 2.21. The van der Waals surface area contributed by atoms with E-state index in [9.17, 15) is 12.3 Å². The summed E-state index contributed by atoms with van der Waals surface area (Å²) in [6, 6.07) is 4.78. The van der Waals surface area contributed by atoms with Crippen molar-refractivity contribution in [3.05, 3.63) is 36.2 Å². The summed E-state index contributed by atoms with van der Waals surface area (Å²) in [4.78, 5) is 3.59. The molecule has 1 aromatic heterocycles. The van der Waals surface area contributed by atoms with Gasteiger partial charge in [-0.15, -0.1) is 3.89 Å². The lowest BCUT2D eigenvalue weighted by Gasteiger charge is -2.05. The number of hydrogen-bond donors (Lipinski definition) is 0. The lowest BCUT2D eigenvalue weighted by Crippen LogP contribution is -1.97. The molecule has 2 rings (SSSR count). The molecule has 1 heterocycles. The topological polar surface area (TPSA) is 47.0 Å². The Morgan fingerprint density at radius 1 is 1.27 bits per heavy atom. The molecule has 2 aromatic rings. The predicted molar refractivity (Wildman–Crippen MR) is 54.8 cm³/mol. The van der Waals surface area contributed by atoms with Crippen LogP contribution < -0.4 is 0 Å². The Kier molecular flexibility index (Phi) is 2.19. The Labute approximate surface area is 86.8 Å². The second kappa shape index (κ2) is 3.27. The van der Waals surface area contributed by atoms with Crippen LogP contribution in [0.25, 0.3) is 10.8 Å². The number of aryl methyl sites for hydroxylation is 1. The number of nitrogens with zero attached hydrogens (tertiary/aromatic N) is 1. The second-order valence-corrected chi connectivity index (χ2v) is 4.53. The molecule has 0 atom stereocenters. The summed E-state index contributed by atoms with van der Waals surface area (Å²) in [5, 5.41) is 0.979. The maximum absolute atomic E-state index is 13.1. The van der Waals surface area contributed by atoms with Gasteiger partial charge in [0.2, 0.25) is 0 Å². The van der Waals surface area contributed by atoms with Crippen LogP contribution >= 0.6 is 0 Å². The molecule has 5 heteroatoms. The molecule has 0 aliphatic carbocycles. The normalized spacial score (nSPS) is 11.9. The van der Waals surface area contributed by atoms with Crippen LogP contribution in [0.2, 0.25) is 0 Å². The van der Waals surface area contributed by atoms with Crippen molar-refractivity contribution < 1.29 is 12.3 Å². The summed E-state index contributed by atoms with van der Waals surface area (Å²) >= 11 is 0. The molecule has 0 saturated carbocycles. The summed E-state index contributed by atoms with van der Waals surface area (Å²) in [6.45, 7) is 1.56. The van der Waals surface area contributed by atoms with E-state index in [4.69, 9.17) is 0 Å². The molecule has 78 valence electrons. The van der Waals surface area contributed by atoms with Crippen molar-refractivity contribution in [3.8, 4) is 0 Å². The van der Waals surface area contributed by atoms with Crippen molar-refractivity contribution in [2.24, 2.45) is 0 Å². The zero-order valence-corrected chi connectivity index (χ0v) is 8.75. The van der Waals surface area contributed by atoms with E-state index < -0.39 is 10.2 Å². The van der Waals surface area contributed by atoms with E-state index in [1.165, 1.54) is 18.5 Å². The van der Waals surface area contributed by atoms with Gasteiger partial charge in [0, 0.05) is 23.2 Å². The number of pyridine rings is 1. The second-order valence-electron chi connectivity index (χ2n) is 3.25. The first-order chi connectivity index (χ1) is 7.00. The zero-order valence-electron chi connectivity index (χ0n) is 7.94. The Balaban J connectivity index is 2.99. The Bertz CT molecular complexity index is 622. The summed E-state index contributed by atoms with van der Waals surface area (Å²) in [5.74, 6) is 0. The molecule has 0 aliphatic heterocycles. The van der Waals surface area contributed by atoms with Crippen molar-refractivity contribution in [1.29, 1.82) is 0 Å². The average molecular weight is 225 g/mol. The van der Waals surface area contributed by atoms with Crippen molar-refractivity contribution >= 4 is 21.0 Å². The molecule has 0 N–H and O–H groups in total. The van der Waals surface area contributed by atoms with Gasteiger partial charge in [-0.2, -0.15) is 8.42 Å². The van der Waals surface area contributed by atoms with Gasteiger partial charge in [0.1, 0.15) is 4.90 Å². The van der Waals surface area contributed by atoms with Gasteiger partial charge < -0.3 is 0 Å². The fourth-order valence-electron chi connectivity index (χ4n) is 1.57. The summed E-state index contributed by atoms with van der Waals surface area (Å²) in [5.41, 5.74) is 0.399. The van der Waals surface area contributed by atoms with E-state index >= 15 is 0 Å². The molecular formula is C10H8FNO2S. The van der Waals surface area contributed by atoms with E-state index in [1.807, 2.05) is 0 Å². The molecule has 0 aliphatic rings. The van der Waals surface area contributed by atoms with Gasteiger partial charge in [-0.3, -0.25) is 4.98 Å². The van der Waals surface area contributed by atoms with Crippen molar-refractivity contribution in [2.45, 2.75) is 11.8 Å². The molecule has 0 radical (unpaired) electrons. The first kappa shape index (κ1) is 10.0. The minimum atomic E-state index is -4.69. The van der Waals surface area contributed by atoms with Crippen LogP contribution in [-0.4, -0.2) is 13.4 Å². The van der Waals surface area contributed by atoms with Gasteiger partial charge in [-0.1, -0.05) is 12.1 Å². The highest BCUT2D eigenvalue weighted by Crippen LogP contribution is 2.26. The molecule has 1 aromatic carbocycles. The predicted octanol–water partition coefficient (Wildman–Crippen LogP) is 2.20. The monoisotopic (exact) mass is 225 g/mol. The van der Waals surface area contributed by atoms with Crippen molar-refractivity contribution in [3.63, 3.8) is 0 Å². The third-order valence-corrected chi connectivity index (χ3v) is 3.24. The number of hydrogen-bond acceptors (Lipinski definition) is 3. The van der Waals surface area contributed by atoms with Crippen LogP contribution in [0.4, 0.5) is 3.89 Å². The van der Waals surface area contributed by atoms with Crippen LogP contribution in [-0.2, 0) is 10.2 Å². The lowest BCUT2D eigenvalue weighted by molar-refractivity contribution is 0.552. The number of halogens is 1. The van der Waals surface area contributed by atoms with Crippen LogP contribution in [0.3, 0.4) is 0 Å². The van der Waals surface area contributed by atoms with E-state index in [0.717, 1.165) is 0 Å². The van der Waals surface area contributed by atoms with Gasteiger partial charge in [0.25, 0.3) is 0 Å². The molecule has 0 bridgehead atoms. The minimum Gasteiger partial charge on any atom is -0.264 e. The molecular weight excluding hydrogens is 217 g/mol. The van der Waals surface area contributed by atoms with Crippen LogP contribution in [0, 0.1) is 6.92 Å². The largest absolute Gasteiger partial charge is 0.332 e. The van der Waals surface area contributed by atoms with E-state index in [1.54, 1.807) is 19.1 Å². The summed E-state index contributed by atoms with van der Waals surface area (Å²) < 4.78 is 35.0. The van der Waals surface area contributed by atoms with E-state index in [2.05, 4.69) is 4.98 Å². The first-order valence-electron chi connectivity index (χ1n) is 4.28. The number of benzene rings is 1. The molecule has 0 saturated heterocycles. The Hall–Kier alpha value is -1.49. The highest BCUT2D eigenvalue weighted by Gasteiger charge is 2.18. The highest BCUT2D eigenvalue weighted by atomic mass is 32.3. The van der Waals surface area contributed by atoms with Gasteiger partial charge >= 0.3 is 10.2 Å². The molecule has 15 heavy (non-hydrogen) atoms. The van der Waals surface area contributed by atoms with E-state index in [0.29, 0.717) is 16.3 Å². The SMILES string of the molecule is Cc1ccc2cnccc2c1S(=O)(=O)F. The van der Waals surface area contributed by atoms with Gasteiger partial charge in [-0.25, -0.2) is 0 Å². The molecule has 0 spiro atoms. The standard InChI is InChI=1S/C10H8FNO2S/c1-7-2-3-8-6-12-5-4-9(8)10(7)15(11,13)14/h2-6H,1H3. The van der Waals surface area contributed by atoms with Crippen LogP contribution in [0.1, 0.15) is 5.56 Å². The maximum Gasteiger partial charge on any atom is 0.332 e. The van der Waals surface area contributed by atoms with Gasteiger partial charge in [0.15, 0.2) is 0 Å². The van der Waals surface area contributed by atoms with Gasteiger partial charge in [-0.05, 0) is 18.6 Å². The lowest BCUT2D eigenvalue weighted by atomic mass is 10.1. The summed E-state index contributed by atoms with van der Waals surface area (Å²) in [6.07, 6.45) is 2.94. The maximum atomic E-state index is 13.1. The van der Waals surface area contributed by atoms with E-state index in [-0.39, 0.29) is 4.90 Å². The van der Waals surface area contributed by atoms with Crippen LogP contribution in [0.5, 0.6) is 0 Å². The van der Waals surface area contributed by atoms with Crippen LogP contribution in [0.15, 0.2) is 35.5 Å². The number of fused-ring (bicyclic) bond motifs is 1. The Morgan fingerprint density at radius 3 is 2.67 bits per heavy atom. The summed E-state index contributed by atoms with van der Waals surface area (Å²) in [7, 11) is -4.69. The molecule has 0 amide bonds. The number of aromatic nitrogens is 1. The highest BCUT2D eigenvalue weighted by molar-refractivity contribution is 7.86. The first-order valence-corrected chi connectivity index (χ1v) is 5.66. The average Bonchev–Trinajstić information content (AvgIpc) is 2.15. The molecule has 0 fully saturated rings. The Morgan fingerprint density at radius 2 is 2.00 bits per heavy atom. The molecule has 3 nitrogen and oxygen atoms in total. The molecule has 0 unspecified atom stereocenters. The fraction of sp³-hybridized carbons (Fsp3) is 0.100. The quantitative estimate of drug-likeness (QED) is 0.699. The van der Waals surface area contributed by atoms with Crippen molar-refractivity contribution in [2.75, 3.05) is 0 Å². The minimum absolute atomic E-state index is 0.262. The smallest absolute Gasteiger partial charge is 0.264 e. The third kappa shape index (κ3) is 1.70.